The normalized spacial score (nSPS) is 26.0. The van der Waals surface area contributed by atoms with Crippen molar-refractivity contribution in [3.05, 3.63) is 69.6 Å². The topological polar surface area (TPSA) is 76.6 Å². The van der Waals surface area contributed by atoms with Crippen LogP contribution >= 0.6 is 23.2 Å². The second kappa shape index (κ2) is 9.29. The van der Waals surface area contributed by atoms with Crippen LogP contribution in [-0.2, 0) is 16.1 Å². The van der Waals surface area contributed by atoms with Crippen molar-refractivity contribution >= 4 is 45.9 Å². The van der Waals surface area contributed by atoms with E-state index in [0.29, 0.717) is 35.9 Å². The smallest absolute Gasteiger partial charge is 0.231 e. The van der Waals surface area contributed by atoms with Crippen LogP contribution in [0, 0.1) is 17.2 Å². The molecule has 3 atom stereocenters. The minimum Gasteiger partial charge on any atom is -0.391 e. The molecule has 6 rings (SSSR count). The van der Waals surface area contributed by atoms with Crippen LogP contribution in [0.25, 0.3) is 10.9 Å². The summed E-state index contributed by atoms with van der Waals surface area (Å²) < 4.78 is 14.3. The third-order valence-corrected chi connectivity index (χ3v) is 8.70. The Morgan fingerprint density at radius 2 is 1.97 bits per heavy atom. The number of nitrogens with zero attached hydrogens (tertiary/aromatic N) is 2. The Morgan fingerprint density at radius 3 is 2.68 bits per heavy atom. The summed E-state index contributed by atoms with van der Waals surface area (Å²) in [5.74, 6) is -0.394. The largest absolute Gasteiger partial charge is 0.391 e. The van der Waals surface area contributed by atoms with Crippen molar-refractivity contribution < 1.29 is 19.1 Å². The molecule has 0 spiro atoms. The number of nitrogens with one attached hydrogen (secondary N) is 1. The Hall–Kier alpha value is -2.61. The molecular formula is C28H28Cl2FN3O3. The maximum atomic E-state index is 14.3. The summed E-state index contributed by atoms with van der Waals surface area (Å²) in [6.45, 7) is 0.900. The Bertz CT molecular complexity index is 1390. The molecule has 3 aromatic rings. The van der Waals surface area contributed by atoms with Crippen molar-refractivity contribution in [3.8, 4) is 0 Å². The maximum Gasteiger partial charge on any atom is 0.231 e. The highest BCUT2D eigenvalue weighted by Gasteiger charge is 2.60. The number of amides is 2. The molecule has 3 heterocycles. The number of benzene rings is 2. The zero-order valence-electron chi connectivity index (χ0n) is 20.2. The number of aromatic amines is 1. The van der Waals surface area contributed by atoms with E-state index < -0.39 is 23.4 Å². The highest BCUT2D eigenvalue weighted by atomic mass is 35.5. The summed E-state index contributed by atoms with van der Waals surface area (Å²) >= 11 is 12.2. The van der Waals surface area contributed by atoms with E-state index in [1.807, 2.05) is 18.3 Å². The molecule has 2 N–H and O–H groups in total. The van der Waals surface area contributed by atoms with Crippen LogP contribution in [0.15, 0.2) is 42.6 Å². The zero-order chi connectivity index (χ0) is 25.9. The molecule has 2 aromatic carbocycles. The zero-order valence-corrected chi connectivity index (χ0v) is 21.7. The summed E-state index contributed by atoms with van der Waals surface area (Å²) in [6, 6.07) is 9.54. The minimum absolute atomic E-state index is 0.0207. The Morgan fingerprint density at radius 1 is 1.16 bits per heavy atom. The van der Waals surface area contributed by atoms with E-state index >= 15 is 0 Å². The van der Waals surface area contributed by atoms with Gasteiger partial charge in [0.05, 0.1) is 22.6 Å². The summed E-state index contributed by atoms with van der Waals surface area (Å²) in [7, 11) is 0. The summed E-state index contributed by atoms with van der Waals surface area (Å²) in [5.41, 5.74) is 1.29. The molecule has 2 aliphatic heterocycles. The van der Waals surface area contributed by atoms with Crippen molar-refractivity contribution in [1.82, 2.24) is 14.8 Å². The quantitative estimate of drug-likeness (QED) is 0.433. The molecule has 3 fully saturated rings. The number of aliphatic hydroxyl groups excluding tert-OH is 1. The number of H-pyrrole nitrogens is 1. The first-order valence-corrected chi connectivity index (χ1v) is 13.5. The lowest BCUT2D eigenvalue weighted by atomic mass is 9.71. The number of halogens is 3. The second-order valence-electron chi connectivity index (χ2n) is 10.8. The molecule has 9 heteroatoms. The third kappa shape index (κ3) is 4.41. The molecule has 1 aliphatic carbocycles. The Labute approximate surface area is 224 Å². The number of hydrogen-bond acceptors (Lipinski definition) is 3. The molecule has 6 nitrogen and oxygen atoms in total. The van der Waals surface area contributed by atoms with E-state index in [-0.39, 0.29) is 36.3 Å². The van der Waals surface area contributed by atoms with Crippen molar-refractivity contribution in [2.24, 2.45) is 11.3 Å². The van der Waals surface area contributed by atoms with E-state index in [4.69, 9.17) is 23.2 Å². The number of fused-ring (bicyclic) bond motifs is 1. The number of aromatic nitrogens is 1. The first-order valence-electron chi connectivity index (χ1n) is 12.7. The molecule has 2 amide bonds. The van der Waals surface area contributed by atoms with Crippen LogP contribution in [0.4, 0.5) is 4.39 Å². The molecule has 2 saturated heterocycles. The summed E-state index contributed by atoms with van der Waals surface area (Å²) in [5, 5.41) is 11.7. The van der Waals surface area contributed by atoms with Gasteiger partial charge in [-0.2, -0.15) is 0 Å². The van der Waals surface area contributed by atoms with Crippen molar-refractivity contribution in [1.29, 1.82) is 0 Å². The van der Waals surface area contributed by atoms with Gasteiger partial charge < -0.3 is 19.9 Å². The first kappa shape index (κ1) is 24.7. The lowest BCUT2D eigenvalue weighted by molar-refractivity contribution is -0.144. The molecule has 194 valence electrons. The van der Waals surface area contributed by atoms with Crippen LogP contribution in [-0.4, -0.2) is 50.9 Å². The van der Waals surface area contributed by atoms with E-state index in [1.54, 1.807) is 21.9 Å². The fourth-order valence-corrected chi connectivity index (χ4v) is 6.57. The number of likely N-dealkylation sites (tertiary alicyclic amines) is 2. The van der Waals surface area contributed by atoms with Crippen molar-refractivity contribution in [3.63, 3.8) is 0 Å². The van der Waals surface area contributed by atoms with Crippen molar-refractivity contribution in [2.75, 3.05) is 13.1 Å². The standard InChI is InChI=1S/C28H28Cl2FN3O3/c29-18-4-5-20-21(13-32-24(20)10-18)26-28(11-16-1-2-16,27(37)33-8-7-19(35)15-33)12-25(36)34(26)14-17-3-6-22(30)23(31)9-17/h3-6,9-10,13,16,19,26,32,35H,1-2,7-8,11-12,14-15H2. The maximum absolute atomic E-state index is 14.3. The van der Waals surface area contributed by atoms with E-state index in [0.717, 1.165) is 29.3 Å². The third-order valence-electron chi connectivity index (χ3n) is 8.16. The SMILES string of the molecule is O=C1CC(CC2CC2)(C(=O)N2CCC(O)C2)C(c2c[nH]c3cc(Cl)ccc23)N1Cc1ccc(Cl)c(F)c1. The molecule has 3 unspecified atom stereocenters. The molecular weight excluding hydrogens is 516 g/mol. The predicted octanol–water partition coefficient (Wildman–Crippen LogP) is 5.47. The monoisotopic (exact) mass is 543 g/mol. The molecule has 37 heavy (non-hydrogen) atoms. The fraction of sp³-hybridized carbons (Fsp3) is 0.429. The van der Waals surface area contributed by atoms with Gasteiger partial charge in [-0.25, -0.2) is 4.39 Å². The van der Waals surface area contributed by atoms with E-state index in [2.05, 4.69) is 4.98 Å². The van der Waals surface area contributed by atoms with Gasteiger partial charge in [-0.05, 0) is 48.6 Å². The van der Waals surface area contributed by atoms with Crippen molar-refractivity contribution in [2.45, 2.75) is 50.8 Å². The van der Waals surface area contributed by atoms with Gasteiger partial charge in [-0.15, -0.1) is 0 Å². The van der Waals surface area contributed by atoms with Gasteiger partial charge in [-0.1, -0.05) is 48.2 Å². The van der Waals surface area contributed by atoms with Gasteiger partial charge in [0.15, 0.2) is 0 Å². The molecule has 3 aliphatic rings. The number of carbonyl (C=O) groups is 2. The van der Waals surface area contributed by atoms with Gasteiger partial charge in [0.25, 0.3) is 0 Å². The second-order valence-corrected chi connectivity index (χ2v) is 11.6. The van der Waals surface area contributed by atoms with Crippen LogP contribution in [0.2, 0.25) is 10.0 Å². The van der Waals surface area contributed by atoms with Gasteiger partial charge in [0.1, 0.15) is 5.82 Å². The number of β-amino-alcohol motifs (C(OH)–C–C–N with tert-alkyl or cyclic N) is 1. The number of rotatable bonds is 6. The fourth-order valence-electron chi connectivity index (χ4n) is 6.28. The van der Waals surface area contributed by atoms with Crippen LogP contribution in [0.3, 0.4) is 0 Å². The van der Waals surface area contributed by atoms with Gasteiger partial charge in [-0.3, -0.25) is 9.59 Å². The highest BCUT2D eigenvalue weighted by Crippen LogP contribution is 2.57. The van der Waals surface area contributed by atoms with Gasteiger partial charge >= 0.3 is 0 Å². The van der Waals surface area contributed by atoms with Gasteiger partial charge in [0, 0.05) is 53.7 Å². The molecule has 0 bridgehead atoms. The Balaban J connectivity index is 1.49. The average Bonchev–Trinajstić information content (AvgIpc) is 3.30. The number of hydrogen-bond donors (Lipinski definition) is 2. The summed E-state index contributed by atoms with van der Waals surface area (Å²) in [4.78, 5) is 34.9. The number of carbonyl (C=O) groups excluding carboxylic acids is 2. The molecule has 0 radical (unpaired) electrons. The number of aliphatic hydroxyl groups is 1. The summed E-state index contributed by atoms with van der Waals surface area (Å²) in [6.07, 6.45) is 4.59. The van der Waals surface area contributed by atoms with Gasteiger partial charge in [0.2, 0.25) is 11.8 Å². The van der Waals surface area contributed by atoms with Crippen LogP contribution in [0.5, 0.6) is 0 Å². The lowest BCUT2D eigenvalue weighted by Crippen LogP contribution is -2.47. The average molecular weight is 544 g/mol. The lowest BCUT2D eigenvalue weighted by Gasteiger charge is -2.39. The molecule has 1 aromatic heterocycles. The highest BCUT2D eigenvalue weighted by molar-refractivity contribution is 6.31. The van der Waals surface area contributed by atoms with E-state index in [9.17, 15) is 19.1 Å². The van der Waals surface area contributed by atoms with E-state index in [1.165, 1.54) is 12.1 Å². The first-order chi connectivity index (χ1) is 17.7. The molecule has 1 saturated carbocycles. The van der Waals surface area contributed by atoms with Crippen LogP contribution in [0.1, 0.15) is 49.3 Å². The predicted molar refractivity (Wildman–Crippen MR) is 140 cm³/mol. The van der Waals surface area contributed by atoms with Crippen LogP contribution < -0.4 is 0 Å². The Kier molecular flexibility index (Phi) is 6.21. The minimum atomic E-state index is -0.984.